The lowest BCUT2D eigenvalue weighted by Gasteiger charge is -2.22. The summed E-state index contributed by atoms with van der Waals surface area (Å²) in [7, 11) is 0. The van der Waals surface area contributed by atoms with E-state index in [1.165, 1.54) is 0 Å². The lowest BCUT2D eigenvalue weighted by Crippen LogP contribution is -2.23. The number of aromatic nitrogens is 3. The third kappa shape index (κ3) is 3.68. The average Bonchev–Trinajstić information content (AvgIpc) is 2.55. The molecule has 1 aliphatic rings. The Morgan fingerprint density at radius 1 is 1.19 bits per heavy atom. The zero-order valence-corrected chi connectivity index (χ0v) is 12.4. The van der Waals surface area contributed by atoms with Gasteiger partial charge in [0, 0.05) is 37.7 Å². The van der Waals surface area contributed by atoms with Crippen molar-refractivity contribution < 1.29 is 4.74 Å². The molecule has 1 saturated heterocycles. The molecule has 5 nitrogen and oxygen atoms in total. The smallest absolute Gasteiger partial charge is 0.145 e. The number of pyridine rings is 1. The maximum Gasteiger partial charge on any atom is 0.145 e. The van der Waals surface area contributed by atoms with Crippen LogP contribution in [0.3, 0.4) is 0 Å². The van der Waals surface area contributed by atoms with Gasteiger partial charge < -0.3 is 10.1 Å². The Kier molecular flexibility index (Phi) is 4.62. The maximum absolute atomic E-state index is 6.15. The Morgan fingerprint density at radius 3 is 2.86 bits per heavy atom. The molecule has 0 bridgehead atoms. The number of rotatable bonds is 4. The topological polar surface area (TPSA) is 59.9 Å². The Morgan fingerprint density at radius 2 is 2.05 bits per heavy atom. The van der Waals surface area contributed by atoms with Gasteiger partial charge in [-0.25, -0.2) is 4.98 Å². The molecule has 3 heterocycles. The molecule has 3 rings (SSSR count). The first-order chi connectivity index (χ1) is 10.3. The van der Waals surface area contributed by atoms with E-state index < -0.39 is 0 Å². The van der Waals surface area contributed by atoms with Crippen molar-refractivity contribution in [2.24, 2.45) is 5.92 Å². The van der Waals surface area contributed by atoms with E-state index in [-0.39, 0.29) is 0 Å². The van der Waals surface area contributed by atoms with Crippen LogP contribution in [-0.2, 0) is 4.74 Å². The van der Waals surface area contributed by atoms with E-state index in [0.29, 0.717) is 10.9 Å². The van der Waals surface area contributed by atoms with Crippen molar-refractivity contribution in [1.29, 1.82) is 0 Å². The second-order valence-electron chi connectivity index (χ2n) is 5.08. The standard InChI is InChI=1S/C15H17ClN4O/c16-13-8-17-4-1-12(13)14-9-18-10-15(20-14)19-7-11-2-5-21-6-3-11/h1,4,8-11H,2-3,5-7H2,(H,19,20). The number of nitrogens with zero attached hydrogens (tertiary/aromatic N) is 3. The zero-order chi connectivity index (χ0) is 14.5. The van der Waals surface area contributed by atoms with Gasteiger partial charge in [-0.2, -0.15) is 0 Å². The fourth-order valence-corrected chi connectivity index (χ4v) is 2.58. The van der Waals surface area contributed by atoms with E-state index in [0.717, 1.165) is 49.7 Å². The Balaban J connectivity index is 1.70. The van der Waals surface area contributed by atoms with Gasteiger partial charge in [-0.1, -0.05) is 11.6 Å². The van der Waals surface area contributed by atoms with E-state index in [1.807, 2.05) is 6.07 Å². The van der Waals surface area contributed by atoms with E-state index in [4.69, 9.17) is 16.3 Å². The molecule has 0 radical (unpaired) electrons. The van der Waals surface area contributed by atoms with Crippen LogP contribution in [0.15, 0.2) is 30.9 Å². The van der Waals surface area contributed by atoms with E-state index in [9.17, 15) is 0 Å². The molecule has 2 aromatic rings. The Hall–Kier alpha value is -1.72. The van der Waals surface area contributed by atoms with Gasteiger partial charge in [-0.05, 0) is 24.8 Å². The third-order valence-electron chi connectivity index (χ3n) is 3.60. The highest BCUT2D eigenvalue weighted by Crippen LogP contribution is 2.25. The van der Waals surface area contributed by atoms with Crippen LogP contribution >= 0.6 is 11.6 Å². The summed E-state index contributed by atoms with van der Waals surface area (Å²) in [6.45, 7) is 2.60. The first kappa shape index (κ1) is 14.2. The summed E-state index contributed by atoms with van der Waals surface area (Å²) in [5, 5.41) is 3.93. The summed E-state index contributed by atoms with van der Waals surface area (Å²) in [6.07, 6.45) is 8.94. The van der Waals surface area contributed by atoms with Gasteiger partial charge in [-0.3, -0.25) is 9.97 Å². The van der Waals surface area contributed by atoms with Gasteiger partial charge in [0.1, 0.15) is 5.82 Å². The molecule has 110 valence electrons. The van der Waals surface area contributed by atoms with Crippen molar-refractivity contribution in [3.63, 3.8) is 0 Å². The molecule has 21 heavy (non-hydrogen) atoms. The van der Waals surface area contributed by atoms with Gasteiger partial charge in [0.25, 0.3) is 0 Å². The zero-order valence-electron chi connectivity index (χ0n) is 11.6. The summed E-state index contributed by atoms with van der Waals surface area (Å²) >= 11 is 6.15. The van der Waals surface area contributed by atoms with Gasteiger partial charge in [0.15, 0.2) is 0 Å². The summed E-state index contributed by atoms with van der Waals surface area (Å²) in [5.74, 6) is 1.40. The Labute approximate surface area is 128 Å². The fourth-order valence-electron chi connectivity index (χ4n) is 2.36. The maximum atomic E-state index is 6.15. The lowest BCUT2D eigenvalue weighted by atomic mass is 10.0. The molecular formula is C15H17ClN4O. The second-order valence-corrected chi connectivity index (χ2v) is 5.49. The number of halogens is 1. The van der Waals surface area contributed by atoms with Crippen LogP contribution in [0.25, 0.3) is 11.3 Å². The monoisotopic (exact) mass is 304 g/mol. The highest BCUT2D eigenvalue weighted by atomic mass is 35.5. The van der Waals surface area contributed by atoms with Crippen molar-refractivity contribution >= 4 is 17.4 Å². The summed E-state index contributed by atoms with van der Waals surface area (Å²) in [6, 6.07) is 1.84. The highest BCUT2D eigenvalue weighted by molar-refractivity contribution is 6.33. The molecule has 1 fully saturated rings. The van der Waals surface area contributed by atoms with E-state index >= 15 is 0 Å². The summed E-state index contributed by atoms with van der Waals surface area (Å²) < 4.78 is 5.37. The minimum atomic E-state index is 0.577. The summed E-state index contributed by atoms with van der Waals surface area (Å²) in [5.41, 5.74) is 1.59. The van der Waals surface area contributed by atoms with Crippen LogP contribution in [0.2, 0.25) is 5.02 Å². The molecule has 0 amide bonds. The summed E-state index contributed by atoms with van der Waals surface area (Å²) in [4.78, 5) is 12.8. The van der Waals surface area contributed by atoms with Gasteiger partial charge >= 0.3 is 0 Å². The molecule has 0 unspecified atom stereocenters. The number of ether oxygens (including phenoxy) is 1. The molecule has 1 N–H and O–H groups in total. The minimum Gasteiger partial charge on any atom is -0.381 e. The third-order valence-corrected chi connectivity index (χ3v) is 3.90. The first-order valence-corrected chi connectivity index (χ1v) is 7.44. The molecule has 0 aliphatic carbocycles. The molecule has 0 aromatic carbocycles. The lowest BCUT2D eigenvalue weighted by molar-refractivity contribution is 0.0699. The molecule has 6 heteroatoms. The molecule has 0 saturated carbocycles. The number of hydrogen-bond donors (Lipinski definition) is 1. The van der Waals surface area contributed by atoms with Crippen LogP contribution in [0, 0.1) is 5.92 Å². The molecule has 0 atom stereocenters. The highest BCUT2D eigenvalue weighted by Gasteiger charge is 2.14. The van der Waals surface area contributed by atoms with Crippen molar-refractivity contribution in [2.45, 2.75) is 12.8 Å². The largest absolute Gasteiger partial charge is 0.381 e. The quantitative estimate of drug-likeness (QED) is 0.941. The van der Waals surface area contributed by atoms with Gasteiger partial charge in [-0.15, -0.1) is 0 Å². The van der Waals surface area contributed by atoms with Gasteiger partial charge in [0.05, 0.1) is 23.1 Å². The fraction of sp³-hybridized carbons (Fsp3) is 0.400. The number of hydrogen-bond acceptors (Lipinski definition) is 5. The molecule has 2 aromatic heterocycles. The van der Waals surface area contributed by atoms with Crippen LogP contribution in [0.5, 0.6) is 0 Å². The molecule has 1 aliphatic heterocycles. The number of anilines is 1. The average molecular weight is 305 g/mol. The van der Waals surface area contributed by atoms with Crippen molar-refractivity contribution in [3.8, 4) is 11.3 Å². The van der Waals surface area contributed by atoms with Crippen LogP contribution < -0.4 is 5.32 Å². The van der Waals surface area contributed by atoms with Crippen molar-refractivity contribution in [3.05, 3.63) is 35.9 Å². The van der Waals surface area contributed by atoms with E-state index in [1.54, 1.807) is 24.8 Å². The minimum absolute atomic E-state index is 0.577. The molecule has 0 spiro atoms. The SMILES string of the molecule is Clc1cnccc1-c1cncc(NCC2CCOCC2)n1. The van der Waals surface area contributed by atoms with Gasteiger partial charge in [0.2, 0.25) is 0 Å². The van der Waals surface area contributed by atoms with Crippen molar-refractivity contribution in [2.75, 3.05) is 25.1 Å². The second kappa shape index (κ2) is 6.83. The predicted octanol–water partition coefficient (Wildman–Crippen LogP) is 3.03. The predicted molar refractivity (Wildman–Crippen MR) is 82.3 cm³/mol. The van der Waals surface area contributed by atoms with Crippen LogP contribution in [0.1, 0.15) is 12.8 Å². The van der Waals surface area contributed by atoms with Crippen LogP contribution in [-0.4, -0.2) is 34.7 Å². The number of nitrogens with one attached hydrogen (secondary N) is 1. The van der Waals surface area contributed by atoms with Crippen molar-refractivity contribution in [1.82, 2.24) is 15.0 Å². The van der Waals surface area contributed by atoms with Crippen LogP contribution in [0.4, 0.5) is 5.82 Å². The Bertz CT molecular complexity index is 602. The normalized spacial score (nSPS) is 15.9. The first-order valence-electron chi connectivity index (χ1n) is 7.06. The molecular weight excluding hydrogens is 288 g/mol. The van der Waals surface area contributed by atoms with E-state index in [2.05, 4.69) is 20.3 Å².